The Morgan fingerprint density at radius 1 is 1.10 bits per heavy atom. The molecule has 1 atom stereocenters. The molecular formula is C27H22N8O5. The number of benzene rings is 2. The third-order valence-corrected chi connectivity index (χ3v) is 5.83. The van der Waals surface area contributed by atoms with Gasteiger partial charge in [0.1, 0.15) is 18.2 Å². The number of aromatic nitrogens is 5. The molecule has 3 N–H and O–H groups in total. The fourth-order valence-corrected chi connectivity index (χ4v) is 3.89. The zero-order valence-electron chi connectivity index (χ0n) is 21.1. The Morgan fingerprint density at radius 2 is 1.88 bits per heavy atom. The van der Waals surface area contributed by atoms with Crippen molar-refractivity contribution in [2.24, 2.45) is 10.2 Å². The number of carbonyl (C=O) groups excluding carboxylic acids is 2. The van der Waals surface area contributed by atoms with Crippen LogP contribution in [0.15, 0.2) is 94.1 Å². The molecule has 5 aromatic rings. The van der Waals surface area contributed by atoms with E-state index in [4.69, 9.17) is 4.74 Å². The molecule has 0 aliphatic heterocycles. The van der Waals surface area contributed by atoms with Crippen molar-refractivity contribution in [3.8, 4) is 11.6 Å². The number of fused-ring (bicyclic) bond motifs is 1. The second-order valence-corrected chi connectivity index (χ2v) is 8.34. The number of methoxy groups -OCH3 is 1. The van der Waals surface area contributed by atoms with E-state index in [1.165, 1.54) is 24.2 Å². The van der Waals surface area contributed by atoms with E-state index in [1.807, 2.05) is 0 Å². The quantitative estimate of drug-likeness (QED) is 0.189. The van der Waals surface area contributed by atoms with Gasteiger partial charge in [-0.3, -0.25) is 14.4 Å². The van der Waals surface area contributed by atoms with Crippen LogP contribution in [0.1, 0.15) is 22.2 Å². The predicted molar refractivity (Wildman–Crippen MR) is 144 cm³/mol. The number of azo groups is 1. The van der Waals surface area contributed by atoms with Crippen LogP contribution in [0.5, 0.6) is 5.75 Å². The van der Waals surface area contributed by atoms with Crippen LogP contribution >= 0.6 is 0 Å². The van der Waals surface area contributed by atoms with Crippen molar-refractivity contribution in [1.29, 1.82) is 0 Å². The maximum absolute atomic E-state index is 13.6. The number of aliphatic hydroxyl groups excluding tert-OH is 1. The molecule has 13 heteroatoms. The Balaban J connectivity index is 1.63. The molecule has 3 heterocycles. The summed E-state index contributed by atoms with van der Waals surface area (Å²) in [6.07, 6.45) is 2.75. The van der Waals surface area contributed by atoms with E-state index < -0.39 is 29.9 Å². The number of aliphatic hydroxyl groups is 1. The summed E-state index contributed by atoms with van der Waals surface area (Å²) in [6, 6.07) is 17.0. The average Bonchev–Trinajstić information content (AvgIpc) is 3.41. The molecule has 0 saturated carbocycles. The van der Waals surface area contributed by atoms with Gasteiger partial charge in [-0.15, -0.1) is 5.11 Å². The minimum absolute atomic E-state index is 0.0410. The predicted octanol–water partition coefficient (Wildman–Crippen LogP) is 3.15. The molecule has 0 radical (unpaired) electrons. The summed E-state index contributed by atoms with van der Waals surface area (Å²) in [5, 5.41) is 25.1. The van der Waals surface area contributed by atoms with Gasteiger partial charge in [-0.05, 0) is 36.4 Å². The first kappa shape index (κ1) is 26.1. The lowest BCUT2D eigenvalue weighted by Gasteiger charge is -2.14. The van der Waals surface area contributed by atoms with Crippen molar-refractivity contribution >= 4 is 34.1 Å². The van der Waals surface area contributed by atoms with Crippen LogP contribution in [0.25, 0.3) is 16.7 Å². The lowest BCUT2D eigenvalue weighted by molar-refractivity contribution is -0.117. The summed E-state index contributed by atoms with van der Waals surface area (Å²) in [7, 11) is 1.46. The van der Waals surface area contributed by atoms with Gasteiger partial charge in [0.2, 0.25) is 6.04 Å². The van der Waals surface area contributed by atoms with Crippen LogP contribution in [0.3, 0.4) is 0 Å². The number of ether oxygens (including phenoxy) is 1. The van der Waals surface area contributed by atoms with Gasteiger partial charge in [0.05, 0.1) is 35.5 Å². The van der Waals surface area contributed by atoms with E-state index in [9.17, 15) is 19.5 Å². The van der Waals surface area contributed by atoms with Gasteiger partial charge in [-0.2, -0.15) is 14.9 Å². The largest absolute Gasteiger partial charge is 0.495 e. The maximum Gasteiger partial charge on any atom is 0.259 e. The van der Waals surface area contributed by atoms with Crippen LogP contribution in [0, 0.1) is 0 Å². The second-order valence-electron chi connectivity index (χ2n) is 8.34. The Hall–Kier alpha value is -5.56. The summed E-state index contributed by atoms with van der Waals surface area (Å²) in [6.45, 7) is -0.798. The topological polar surface area (TPSA) is 177 Å². The van der Waals surface area contributed by atoms with Crippen molar-refractivity contribution < 1.29 is 19.4 Å². The van der Waals surface area contributed by atoms with E-state index in [2.05, 4.69) is 35.6 Å². The highest BCUT2D eigenvalue weighted by molar-refractivity contribution is 6.01. The highest BCUT2D eigenvalue weighted by Gasteiger charge is 2.26. The number of amides is 1. The van der Waals surface area contributed by atoms with Crippen LogP contribution in [-0.4, -0.2) is 55.2 Å². The SMILES string of the molecule is COc1ccccc1NC(=O)C(N=Nc1c(C(=O)CO)cnn1-c1ccccn1)c1nc2ccccc2c(=O)[nH]1. The van der Waals surface area contributed by atoms with Gasteiger partial charge in [0.25, 0.3) is 11.5 Å². The van der Waals surface area contributed by atoms with E-state index in [0.29, 0.717) is 28.2 Å². The minimum atomic E-state index is -1.47. The molecule has 200 valence electrons. The van der Waals surface area contributed by atoms with E-state index in [0.717, 1.165) is 0 Å². The van der Waals surface area contributed by atoms with Crippen LogP contribution < -0.4 is 15.6 Å². The molecular weight excluding hydrogens is 516 g/mol. The number of pyridine rings is 1. The first-order chi connectivity index (χ1) is 19.5. The number of rotatable bonds is 9. The van der Waals surface area contributed by atoms with Gasteiger partial charge in [0, 0.05) is 6.20 Å². The second kappa shape index (κ2) is 11.4. The average molecular weight is 539 g/mol. The molecule has 0 spiro atoms. The molecule has 40 heavy (non-hydrogen) atoms. The number of hydrogen-bond acceptors (Lipinski definition) is 10. The Bertz CT molecular complexity index is 1780. The Kier molecular flexibility index (Phi) is 7.46. The summed E-state index contributed by atoms with van der Waals surface area (Å²) in [5.74, 6) is -0.792. The number of H-pyrrole nitrogens is 1. The molecule has 3 aromatic heterocycles. The minimum Gasteiger partial charge on any atom is -0.495 e. The van der Waals surface area contributed by atoms with Gasteiger partial charge in [-0.25, -0.2) is 9.97 Å². The zero-order valence-corrected chi connectivity index (χ0v) is 21.1. The lowest BCUT2D eigenvalue weighted by atomic mass is 10.2. The number of nitrogens with one attached hydrogen (secondary N) is 2. The van der Waals surface area contributed by atoms with Crippen LogP contribution in [-0.2, 0) is 4.79 Å². The summed E-state index contributed by atoms with van der Waals surface area (Å²) in [5.41, 5.74) is 0.190. The third-order valence-electron chi connectivity index (χ3n) is 5.83. The first-order valence-corrected chi connectivity index (χ1v) is 12.0. The highest BCUT2D eigenvalue weighted by atomic mass is 16.5. The smallest absolute Gasteiger partial charge is 0.259 e. The van der Waals surface area contributed by atoms with Crippen molar-refractivity contribution in [2.45, 2.75) is 6.04 Å². The van der Waals surface area contributed by atoms with E-state index in [-0.39, 0.29) is 17.2 Å². The number of aromatic amines is 1. The van der Waals surface area contributed by atoms with Crippen molar-refractivity contribution in [1.82, 2.24) is 24.7 Å². The van der Waals surface area contributed by atoms with E-state index >= 15 is 0 Å². The lowest BCUT2D eigenvalue weighted by Crippen LogP contribution is -2.24. The monoisotopic (exact) mass is 538 g/mol. The molecule has 0 fully saturated rings. The van der Waals surface area contributed by atoms with Gasteiger partial charge in [0.15, 0.2) is 17.4 Å². The Labute approximate surface area is 226 Å². The Morgan fingerprint density at radius 3 is 2.65 bits per heavy atom. The van der Waals surface area contributed by atoms with Crippen molar-refractivity contribution in [3.05, 3.63) is 101 Å². The molecule has 0 bridgehead atoms. The number of anilines is 1. The van der Waals surface area contributed by atoms with Crippen LogP contribution in [0.4, 0.5) is 11.5 Å². The maximum atomic E-state index is 13.6. The number of para-hydroxylation sites is 3. The van der Waals surface area contributed by atoms with Crippen molar-refractivity contribution in [3.63, 3.8) is 0 Å². The molecule has 5 rings (SSSR count). The molecule has 13 nitrogen and oxygen atoms in total. The van der Waals surface area contributed by atoms with E-state index in [1.54, 1.807) is 66.7 Å². The third kappa shape index (κ3) is 5.21. The molecule has 0 saturated heterocycles. The highest BCUT2D eigenvalue weighted by Crippen LogP contribution is 2.28. The van der Waals surface area contributed by atoms with Gasteiger partial charge >= 0.3 is 0 Å². The summed E-state index contributed by atoms with van der Waals surface area (Å²) >= 11 is 0. The molecule has 0 aliphatic carbocycles. The number of hydrogen-bond donors (Lipinski definition) is 3. The fourth-order valence-electron chi connectivity index (χ4n) is 3.89. The molecule has 1 amide bonds. The summed E-state index contributed by atoms with van der Waals surface area (Å²) < 4.78 is 6.57. The normalized spacial score (nSPS) is 11.9. The number of nitrogens with zero attached hydrogens (tertiary/aromatic N) is 6. The van der Waals surface area contributed by atoms with Gasteiger partial charge in [-0.1, -0.05) is 30.3 Å². The molecule has 2 aromatic carbocycles. The van der Waals surface area contributed by atoms with Crippen molar-refractivity contribution in [2.75, 3.05) is 19.0 Å². The zero-order chi connectivity index (χ0) is 28.1. The van der Waals surface area contributed by atoms with Crippen LogP contribution in [0.2, 0.25) is 0 Å². The number of Topliss-reactive ketones (excluding diaryl/α,β-unsaturated/α-hetero) is 1. The molecule has 1 unspecified atom stereocenters. The molecule has 0 aliphatic rings. The fraction of sp³-hybridized carbons (Fsp3) is 0.111. The standard InChI is InChI=1S/C27H22N8O5/c1-40-21-11-5-4-10-19(21)31-27(39)23(24-30-18-9-3-2-8-16(18)26(38)32-24)33-34-25-17(20(37)15-36)14-29-35(25)22-12-6-7-13-28-22/h2-14,23,36H,15H2,1H3,(H,31,39)(H,30,32,38). The summed E-state index contributed by atoms with van der Waals surface area (Å²) in [4.78, 5) is 50.2. The first-order valence-electron chi connectivity index (χ1n) is 12.0. The number of carbonyl (C=O) groups is 2. The van der Waals surface area contributed by atoms with Gasteiger partial charge < -0.3 is 20.1 Å². The number of ketones is 1.